The minimum absolute atomic E-state index is 0.0157. The maximum Gasteiger partial charge on any atom is 0.273 e. The van der Waals surface area contributed by atoms with Gasteiger partial charge in [-0.15, -0.1) is 11.3 Å². The molecule has 1 aromatic heterocycles. The fourth-order valence-electron chi connectivity index (χ4n) is 4.33. The maximum atomic E-state index is 13.1. The summed E-state index contributed by atoms with van der Waals surface area (Å²) in [6.45, 7) is 0.884. The van der Waals surface area contributed by atoms with Crippen LogP contribution in [0.5, 0.6) is 0 Å². The van der Waals surface area contributed by atoms with Gasteiger partial charge in [0.2, 0.25) is 0 Å². The molecular formula is C20H24N2O2S. The zero-order chi connectivity index (χ0) is 17.2. The van der Waals surface area contributed by atoms with Gasteiger partial charge in [0, 0.05) is 23.5 Å². The van der Waals surface area contributed by atoms with Gasteiger partial charge >= 0.3 is 0 Å². The average Bonchev–Trinajstić information content (AvgIpc) is 3.17. The molecule has 0 radical (unpaired) electrons. The Kier molecular flexibility index (Phi) is 4.86. The van der Waals surface area contributed by atoms with Gasteiger partial charge in [0.05, 0.1) is 6.61 Å². The number of thiazole rings is 1. The van der Waals surface area contributed by atoms with Gasteiger partial charge in [-0.3, -0.25) is 4.79 Å². The van der Waals surface area contributed by atoms with Crippen LogP contribution in [-0.2, 0) is 6.61 Å². The number of likely N-dealkylation sites (tertiary alicyclic amines) is 1. The minimum Gasteiger partial charge on any atom is -0.392 e. The molecule has 132 valence electrons. The number of aliphatic hydroxyl groups excluding tert-OH is 1. The molecule has 1 amide bonds. The van der Waals surface area contributed by atoms with Crippen molar-refractivity contribution in [2.24, 2.45) is 5.92 Å². The van der Waals surface area contributed by atoms with E-state index in [-0.39, 0.29) is 12.5 Å². The van der Waals surface area contributed by atoms with Gasteiger partial charge in [0.1, 0.15) is 10.7 Å². The van der Waals surface area contributed by atoms with E-state index in [0.29, 0.717) is 17.7 Å². The second-order valence-corrected chi connectivity index (χ2v) is 8.01. The Balaban J connectivity index is 1.55. The molecule has 1 aliphatic heterocycles. The van der Waals surface area contributed by atoms with Gasteiger partial charge in [0.25, 0.3) is 5.91 Å². The van der Waals surface area contributed by atoms with E-state index in [9.17, 15) is 9.90 Å². The second kappa shape index (κ2) is 7.26. The van der Waals surface area contributed by atoms with Crippen molar-refractivity contribution >= 4 is 17.2 Å². The molecule has 4 rings (SSSR count). The van der Waals surface area contributed by atoms with Gasteiger partial charge in [-0.05, 0) is 43.2 Å². The van der Waals surface area contributed by atoms with Crippen LogP contribution in [0.15, 0.2) is 29.6 Å². The topological polar surface area (TPSA) is 53.4 Å². The first-order valence-electron chi connectivity index (χ1n) is 9.23. The standard InChI is InChI=1S/C20H24N2O2S/c23-12-14-5-3-7-16(11-14)19-21-17(13-25-19)20(24)22-10-4-8-15-6-1-2-9-18(15)22/h3,5,7,11,13,15,18,23H,1-2,4,6,8-10,12H2. The van der Waals surface area contributed by atoms with E-state index in [1.54, 1.807) is 0 Å². The number of piperidine rings is 1. The lowest BCUT2D eigenvalue weighted by Crippen LogP contribution is -2.49. The fourth-order valence-corrected chi connectivity index (χ4v) is 5.12. The number of benzene rings is 1. The highest BCUT2D eigenvalue weighted by atomic mass is 32.1. The predicted molar refractivity (Wildman–Crippen MR) is 99.5 cm³/mol. The van der Waals surface area contributed by atoms with E-state index in [4.69, 9.17) is 0 Å². The monoisotopic (exact) mass is 356 g/mol. The Morgan fingerprint density at radius 3 is 2.96 bits per heavy atom. The smallest absolute Gasteiger partial charge is 0.273 e. The number of rotatable bonds is 3. The van der Waals surface area contributed by atoms with Gasteiger partial charge in [0.15, 0.2) is 0 Å². The Bertz CT molecular complexity index is 756. The van der Waals surface area contributed by atoms with E-state index < -0.39 is 0 Å². The predicted octanol–water partition coefficient (Wildman–Crippen LogP) is 4.10. The van der Waals surface area contributed by atoms with Crippen LogP contribution in [0.3, 0.4) is 0 Å². The number of fused-ring (bicyclic) bond motifs is 1. The molecule has 0 bridgehead atoms. The van der Waals surface area contributed by atoms with Crippen molar-refractivity contribution in [1.82, 2.24) is 9.88 Å². The molecule has 0 spiro atoms. The summed E-state index contributed by atoms with van der Waals surface area (Å²) >= 11 is 1.50. The number of hydrogen-bond donors (Lipinski definition) is 1. The Morgan fingerprint density at radius 2 is 2.08 bits per heavy atom. The number of hydrogen-bond acceptors (Lipinski definition) is 4. The fraction of sp³-hybridized carbons (Fsp3) is 0.500. The van der Waals surface area contributed by atoms with Crippen LogP contribution in [-0.4, -0.2) is 33.5 Å². The molecule has 2 heterocycles. The van der Waals surface area contributed by atoms with Crippen molar-refractivity contribution in [3.8, 4) is 10.6 Å². The highest BCUT2D eigenvalue weighted by Crippen LogP contribution is 2.36. The first kappa shape index (κ1) is 16.7. The zero-order valence-corrected chi connectivity index (χ0v) is 15.2. The summed E-state index contributed by atoms with van der Waals surface area (Å²) in [6, 6.07) is 8.13. The Hall–Kier alpha value is -1.72. The number of aromatic nitrogens is 1. The van der Waals surface area contributed by atoms with Gasteiger partial charge in [-0.25, -0.2) is 4.98 Å². The van der Waals surface area contributed by atoms with Crippen LogP contribution in [0.25, 0.3) is 10.6 Å². The summed E-state index contributed by atoms with van der Waals surface area (Å²) in [7, 11) is 0. The van der Waals surface area contributed by atoms with Crippen LogP contribution in [0.1, 0.15) is 54.6 Å². The average molecular weight is 356 g/mol. The molecule has 25 heavy (non-hydrogen) atoms. The Labute approximate surface area is 152 Å². The summed E-state index contributed by atoms with van der Waals surface area (Å²) < 4.78 is 0. The van der Waals surface area contributed by atoms with E-state index in [2.05, 4.69) is 9.88 Å². The number of amides is 1. The first-order chi connectivity index (χ1) is 12.3. The van der Waals surface area contributed by atoms with Crippen molar-refractivity contribution in [3.05, 3.63) is 40.9 Å². The summed E-state index contributed by atoms with van der Waals surface area (Å²) in [4.78, 5) is 19.8. The lowest BCUT2D eigenvalue weighted by Gasteiger charge is -2.43. The molecule has 1 saturated carbocycles. The molecule has 2 atom stereocenters. The molecule has 1 N–H and O–H groups in total. The van der Waals surface area contributed by atoms with Crippen molar-refractivity contribution in [3.63, 3.8) is 0 Å². The molecule has 4 nitrogen and oxygen atoms in total. The maximum absolute atomic E-state index is 13.1. The van der Waals surface area contributed by atoms with Crippen LogP contribution >= 0.6 is 11.3 Å². The highest BCUT2D eigenvalue weighted by Gasteiger charge is 2.36. The third-order valence-electron chi connectivity index (χ3n) is 5.58. The quantitative estimate of drug-likeness (QED) is 0.901. The van der Waals surface area contributed by atoms with Gasteiger partial charge in [-0.1, -0.05) is 31.0 Å². The van der Waals surface area contributed by atoms with Crippen molar-refractivity contribution < 1.29 is 9.90 Å². The largest absolute Gasteiger partial charge is 0.392 e. The summed E-state index contributed by atoms with van der Waals surface area (Å²) in [5, 5.41) is 12.0. The van der Waals surface area contributed by atoms with Gasteiger partial charge < -0.3 is 10.0 Å². The Morgan fingerprint density at radius 1 is 1.24 bits per heavy atom. The minimum atomic E-state index is 0.0157. The van der Waals surface area contributed by atoms with E-state index in [1.165, 1.54) is 37.0 Å². The highest BCUT2D eigenvalue weighted by molar-refractivity contribution is 7.13. The molecule has 1 aliphatic carbocycles. The van der Waals surface area contributed by atoms with E-state index in [0.717, 1.165) is 35.5 Å². The number of carbonyl (C=O) groups is 1. The third kappa shape index (κ3) is 3.35. The van der Waals surface area contributed by atoms with Crippen LogP contribution < -0.4 is 0 Å². The zero-order valence-electron chi connectivity index (χ0n) is 14.4. The van der Waals surface area contributed by atoms with Crippen LogP contribution in [0.2, 0.25) is 0 Å². The van der Waals surface area contributed by atoms with E-state index in [1.807, 2.05) is 29.6 Å². The van der Waals surface area contributed by atoms with Crippen LogP contribution in [0, 0.1) is 5.92 Å². The summed E-state index contributed by atoms with van der Waals surface area (Å²) in [6.07, 6.45) is 7.34. The SMILES string of the molecule is O=C(c1csc(-c2cccc(CO)c2)n1)N1CCCC2CCCCC21. The lowest BCUT2D eigenvalue weighted by atomic mass is 9.78. The first-order valence-corrected chi connectivity index (χ1v) is 10.1. The third-order valence-corrected chi connectivity index (χ3v) is 6.48. The summed E-state index contributed by atoms with van der Waals surface area (Å²) in [5.74, 6) is 0.781. The normalized spacial score (nSPS) is 23.3. The molecule has 2 aliphatic rings. The molecule has 2 aromatic rings. The molecule has 2 unspecified atom stereocenters. The lowest BCUT2D eigenvalue weighted by molar-refractivity contribution is 0.0386. The number of nitrogens with zero attached hydrogens (tertiary/aromatic N) is 2. The number of carbonyl (C=O) groups excluding carboxylic acids is 1. The van der Waals surface area contributed by atoms with Crippen LogP contribution in [0.4, 0.5) is 0 Å². The number of aliphatic hydroxyl groups is 1. The second-order valence-electron chi connectivity index (χ2n) is 7.15. The van der Waals surface area contributed by atoms with Crippen molar-refractivity contribution in [1.29, 1.82) is 0 Å². The van der Waals surface area contributed by atoms with Crippen molar-refractivity contribution in [2.45, 2.75) is 51.2 Å². The molecule has 5 heteroatoms. The molecular weight excluding hydrogens is 332 g/mol. The van der Waals surface area contributed by atoms with Crippen molar-refractivity contribution in [2.75, 3.05) is 6.54 Å². The molecule has 2 fully saturated rings. The van der Waals surface area contributed by atoms with Gasteiger partial charge in [-0.2, -0.15) is 0 Å². The van der Waals surface area contributed by atoms with E-state index >= 15 is 0 Å². The summed E-state index contributed by atoms with van der Waals surface area (Å²) in [5.41, 5.74) is 2.40. The molecule has 1 saturated heterocycles. The molecule has 1 aromatic carbocycles.